The maximum atomic E-state index is 13.9. The first-order chi connectivity index (χ1) is 13.4. The van der Waals surface area contributed by atoms with E-state index in [0.29, 0.717) is 10.6 Å². The van der Waals surface area contributed by atoms with Crippen LogP contribution in [0.1, 0.15) is 28.5 Å². The summed E-state index contributed by atoms with van der Waals surface area (Å²) < 4.78 is 14.8. The van der Waals surface area contributed by atoms with Crippen LogP contribution < -0.4 is 5.32 Å². The number of carbonyl (C=O) groups excluding carboxylic acids is 1. The Bertz CT molecular complexity index is 1040. The second-order valence-corrected chi connectivity index (χ2v) is 6.30. The van der Waals surface area contributed by atoms with E-state index in [1.165, 1.54) is 18.2 Å². The molecule has 7 nitrogen and oxygen atoms in total. The predicted octanol–water partition coefficient (Wildman–Crippen LogP) is 3.32. The van der Waals surface area contributed by atoms with Gasteiger partial charge in [0.2, 0.25) is 5.88 Å². The van der Waals surface area contributed by atoms with E-state index in [-0.39, 0.29) is 11.4 Å². The number of aromatic nitrogens is 2. The van der Waals surface area contributed by atoms with Gasteiger partial charge in [0.25, 0.3) is 5.91 Å². The van der Waals surface area contributed by atoms with Gasteiger partial charge in [0.1, 0.15) is 11.5 Å². The first-order valence-electron chi connectivity index (χ1n) is 8.18. The van der Waals surface area contributed by atoms with Gasteiger partial charge in [-0.3, -0.25) is 9.59 Å². The Morgan fingerprint density at radius 2 is 1.86 bits per heavy atom. The van der Waals surface area contributed by atoms with E-state index in [0.717, 1.165) is 10.7 Å². The number of carbonyl (C=O) groups is 2. The Balaban J connectivity index is 1.89. The van der Waals surface area contributed by atoms with Crippen molar-refractivity contribution in [3.63, 3.8) is 0 Å². The van der Waals surface area contributed by atoms with Crippen molar-refractivity contribution >= 4 is 23.5 Å². The number of carboxylic acids is 1. The maximum absolute atomic E-state index is 13.9. The molecule has 0 bridgehead atoms. The average molecular weight is 404 g/mol. The summed E-state index contributed by atoms with van der Waals surface area (Å²) in [6.45, 7) is 0. The van der Waals surface area contributed by atoms with Gasteiger partial charge in [0.05, 0.1) is 12.5 Å². The summed E-state index contributed by atoms with van der Waals surface area (Å²) in [5, 5.41) is 26.0. The molecule has 0 aliphatic rings. The van der Waals surface area contributed by atoms with Crippen molar-refractivity contribution in [2.45, 2.75) is 12.5 Å². The van der Waals surface area contributed by atoms with Crippen molar-refractivity contribution in [3.8, 4) is 11.6 Å². The van der Waals surface area contributed by atoms with E-state index in [1.807, 2.05) is 0 Å². The molecule has 1 atom stereocenters. The molecule has 0 saturated heterocycles. The number of amides is 1. The van der Waals surface area contributed by atoms with Crippen LogP contribution in [0.5, 0.6) is 5.88 Å². The molecule has 0 aliphatic heterocycles. The van der Waals surface area contributed by atoms with Gasteiger partial charge < -0.3 is 15.5 Å². The molecular formula is C19H15ClFN3O4. The number of aromatic hydroxyl groups is 1. The predicted molar refractivity (Wildman–Crippen MR) is 99.1 cm³/mol. The smallest absolute Gasteiger partial charge is 0.305 e. The average Bonchev–Trinajstić information content (AvgIpc) is 3.03. The van der Waals surface area contributed by atoms with Crippen molar-refractivity contribution in [3.05, 3.63) is 76.7 Å². The highest BCUT2D eigenvalue weighted by molar-refractivity contribution is 6.31. The van der Waals surface area contributed by atoms with Crippen molar-refractivity contribution in [2.75, 3.05) is 0 Å². The van der Waals surface area contributed by atoms with Crippen LogP contribution in [0.15, 0.2) is 54.6 Å². The van der Waals surface area contributed by atoms with Crippen LogP contribution in [0.4, 0.5) is 4.39 Å². The molecule has 3 N–H and O–H groups in total. The van der Waals surface area contributed by atoms with Gasteiger partial charge >= 0.3 is 5.97 Å². The van der Waals surface area contributed by atoms with Gasteiger partial charge in [-0.05, 0) is 23.8 Å². The number of nitrogens with zero attached hydrogens (tertiary/aromatic N) is 2. The monoisotopic (exact) mass is 403 g/mol. The number of hydrogen-bond donors (Lipinski definition) is 3. The number of benzene rings is 2. The van der Waals surface area contributed by atoms with Crippen LogP contribution in [-0.2, 0) is 4.79 Å². The zero-order valence-electron chi connectivity index (χ0n) is 14.3. The van der Waals surface area contributed by atoms with E-state index in [9.17, 15) is 19.1 Å². The molecule has 3 aromatic rings. The van der Waals surface area contributed by atoms with Crippen molar-refractivity contribution in [1.82, 2.24) is 15.1 Å². The maximum Gasteiger partial charge on any atom is 0.305 e. The highest BCUT2D eigenvalue weighted by atomic mass is 35.5. The molecule has 1 aromatic heterocycles. The van der Waals surface area contributed by atoms with Crippen molar-refractivity contribution in [1.29, 1.82) is 0 Å². The lowest BCUT2D eigenvalue weighted by Crippen LogP contribution is -2.30. The molecule has 0 aliphatic carbocycles. The van der Waals surface area contributed by atoms with E-state index < -0.39 is 36.0 Å². The second kappa shape index (κ2) is 8.10. The molecule has 0 unspecified atom stereocenters. The van der Waals surface area contributed by atoms with Gasteiger partial charge in [-0.2, -0.15) is 9.78 Å². The number of carboxylic acid groups (broad SMARTS) is 1. The van der Waals surface area contributed by atoms with Crippen LogP contribution in [0.25, 0.3) is 5.69 Å². The second-order valence-electron chi connectivity index (χ2n) is 5.90. The molecule has 0 spiro atoms. The summed E-state index contributed by atoms with van der Waals surface area (Å²) in [5.74, 6) is -2.95. The Kier molecular flexibility index (Phi) is 5.60. The van der Waals surface area contributed by atoms with Gasteiger partial charge in [-0.1, -0.05) is 41.9 Å². The summed E-state index contributed by atoms with van der Waals surface area (Å²) in [6, 6.07) is 12.3. The Morgan fingerprint density at radius 3 is 2.54 bits per heavy atom. The third-order valence-electron chi connectivity index (χ3n) is 3.97. The lowest BCUT2D eigenvalue weighted by atomic mass is 10.0. The molecule has 3 rings (SSSR count). The van der Waals surface area contributed by atoms with Crippen LogP contribution >= 0.6 is 11.6 Å². The van der Waals surface area contributed by atoms with Crippen LogP contribution in [0.3, 0.4) is 0 Å². The number of rotatable bonds is 6. The minimum Gasteiger partial charge on any atom is -0.493 e. The molecular weight excluding hydrogens is 389 g/mol. The highest BCUT2D eigenvalue weighted by Crippen LogP contribution is 2.26. The summed E-state index contributed by atoms with van der Waals surface area (Å²) in [5.41, 5.74) is 0.188. The van der Waals surface area contributed by atoms with Crippen LogP contribution in [0.2, 0.25) is 5.02 Å². The topological polar surface area (TPSA) is 104 Å². The third kappa shape index (κ3) is 4.12. The number of hydrogen-bond acceptors (Lipinski definition) is 4. The lowest BCUT2D eigenvalue weighted by molar-refractivity contribution is -0.137. The van der Waals surface area contributed by atoms with Crippen molar-refractivity contribution < 1.29 is 24.2 Å². The number of para-hydroxylation sites is 1. The van der Waals surface area contributed by atoms with Gasteiger partial charge in [-0.15, -0.1) is 0 Å². The first-order valence-corrected chi connectivity index (χ1v) is 8.55. The van der Waals surface area contributed by atoms with Crippen LogP contribution in [-0.4, -0.2) is 31.9 Å². The van der Waals surface area contributed by atoms with E-state index in [2.05, 4.69) is 10.4 Å². The number of aliphatic carboxylic acids is 1. The summed E-state index contributed by atoms with van der Waals surface area (Å²) >= 11 is 6.11. The molecule has 28 heavy (non-hydrogen) atoms. The normalized spacial score (nSPS) is 11.8. The Labute approximate surface area is 164 Å². The zero-order valence-corrected chi connectivity index (χ0v) is 15.1. The molecule has 0 radical (unpaired) electrons. The first kappa shape index (κ1) is 19.4. The fourth-order valence-corrected chi connectivity index (χ4v) is 2.95. The van der Waals surface area contributed by atoms with Gasteiger partial charge in [0.15, 0.2) is 5.69 Å². The Hall–Kier alpha value is -3.39. The quantitative estimate of drug-likeness (QED) is 0.585. The molecule has 0 fully saturated rings. The van der Waals surface area contributed by atoms with E-state index in [1.54, 1.807) is 30.3 Å². The third-order valence-corrected chi connectivity index (χ3v) is 4.31. The van der Waals surface area contributed by atoms with Crippen LogP contribution in [0, 0.1) is 5.82 Å². The van der Waals surface area contributed by atoms with Crippen molar-refractivity contribution in [2.24, 2.45) is 0 Å². The van der Waals surface area contributed by atoms with E-state index >= 15 is 0 Å². The highest BCUT2D eigenvalue weighted by Gasteiger charge is 2.23. The number of nitrogens with one attached hydrogen (secondary N) is 1. The zero-order chi connectivity index (χ0) is 20.3. The summed E-state index contributed by atoms with van der Waals surface area (Å²) in [6.07, 6.45) is -0.407. The SMILES string of the molecule is O=C(O)C[C@H](NC(=O)c1cc(O)n(-c2ccccc2F)n1)c1ccccc1Cl. The summed E-state index contributed by atoms with van der Waals surface area (Å²) in [7, 11) is 0. The van der Waals surface area contributed by atoms with Gasteiger partial charge in [0, 0.05) is 11.1 Å². The lowest BCUT2D eigenvalue weighted by Gasteiger charge is -2.18. The molecule has 1 heterocycles. The minimum atomic E-state index is -1.13. The fraction of sp³-hybridized carbons (Fsp3) is 0.105. The summed E-state index contributed by atoms with van der Waals surface area (Å²) in [4.78, 5) is 23.8. The largest absolute Gasteiger partial charge is 0.493 e. The molecule has 144 valence electrons. The number of halogens is 2. The standard InChI is InChI=1S/C19H15ClFN3O4/c20-12-6-2-1-5-11(12)14(10-18(26)27)22-19(28)15-9-17(25)24(23-15)16-8-4-3-7-13(16)21/h1-9,14,25H,10H2,(H,22,28)(H,26,27)/t14-/m0/s1. The van der Waals surface area contributed by atoms with Gasteiger partial charge in [-0.25, -0.2) is 4.39 Å². The molecule has 0 saturated carbocycles. The molecule has 9 heteroatoms. The molecule has 2 aromatic carbocycles. The Morgan fingerprint density at radius 1 is 1.18 bits per heavy atom. The van der Waals surface area contributed by atoms with E-state index in [4.69, 9.17) is 16.7 Å². The fourth-order valence-electron chi connectivity index (χ4n) is 2.69. The molecule has 1 amide bonds. The minimum absolute atomic E-state index is 0.0350.